The van der Waals surface area contributed by atoms with Crippen molar-refractivity contribution in [3.63, 3.8) is 0 Å². The normalized spacial score (nSPS) is 11.7. The minimum atomic E-state index is -3.78. The number of fused-ring (bicyclic) bond motifs is 1. The second-order valence-electron chi connectivity index (χ2n) is 5.85. The zero-order chi connectivity index (χ0) is 18.3. The van der Waals surface area contributed by atoms with Crippen molar-refractivity contribution in [1.82, 2.24) is 18.9 Å². The Kier molecular flexibility index (Phi) is 3.69. The third kappa shape index (κ3) is 2.60. The first-order chi connectivity index (χ1) is 12.5. The molecule has 0 radical (unpaired) electrons. The molecule has 2 N–H and O–H groups in total. The van der Waals surface area contributed by atoms with Crippen LogP contribution in [-0.2, 0) is 10.0 Å². The largest absolute Gasteiger partial charge is 0.368 e. The fourth-order valence-electron chi connectivity index (χ4n) is 2.80. The van der Waals surface area contributed by atoms with Gasteiger partial charge in [-0.3, -0.25) is 4.98 Å². The van der Waals surface area contributed by atoms with Gasteiger partial charge < -0.3 is 5.73 Å². The number of nitrogens with zero attached hydrogens (tertiary/aromatic N) is 4. The van der Waals surface area contributed by atoms with Gasteiger partial charge in [-0.05, 0) is 31.2 Å². The zero-order valence-electron chi connectivity index (χ0n) is 13.9. The van der Waals surface area contributed by atoms with E-state index in [9.17, 15) is 8.42 Å². The van der Waals surface area contributed by atoms with Crippen molar-refractivity contribution in [2.75, 3.05) is 5.73 Å². The highest BCUT2D eigenvalue weighted by atomic mass is 32.2. The molecular formula is C18H15N5O2S. The molecular weight excluding hydrogens is 350 g/mol. The molecule has 0 aliphatic rings. The summed E-state index contributed by atoms with van der Waals surface area (Å²) in [6.45, 7) is 1.91. The van der Waals surface area contributed by atoms with Crippen LogP contribution in [0, 0.1) is 6.92 Å². The Morgan fingerprint density at radius 1 is 1.04 bits per heavy atom. The monoisotopic (exact) mass is 365 g/mol. The number of benzene rings is 1. The van der Waals surface area contributed by atoms with Crippen LogP contribution in [0.25, 0.3) is 22.2 Å². The van der Waals surface area contributed by atoms with Gasteiger partial charge in [-0.25, -0.2) is 22.4 Å². The molecule has 0 unspecified atom stereocenters. The number of pyridine rings is 1. The maximum Gasteiger partial charge on any atom is 0.268 e. The number of nitrogens with two attached hydrogens (primary N) is 1. The molecule has 0 spiro atoms. The van der Waals surface area contributed by atoms with Crippen LogP contribution in [0.3, 0.4) is 0 Å². The smallest absolute Gasteiger partial charge is 0.268 e. The maximum atomic E-state index is 13.1. The average Bonchev–Trinajstić information content (AvgIpc) is 3.03. The fraction of sp³-hybridized carbons (Fsp3) is 0.0556. The molecule has 0 amide bonds. The summed E-state index contributed by atoms with van der Waals surface area (Å²) in [4.78, 5) is 12.4. The number of hydrogen-bond donors (Lipinski definition) is 1. The van der Waals surface area contributed by atoms with Crippen LogP contribution in [0.1, 0.15) is 5.56 Å². The Morgan fingerprint density at radius 3 is 2.54 bits per heavy atom. The van der Waals surface area contributed by atoms with Crippen molar-refractivity contribution in [1.29, 1.82) is 0 Å². The van der Waals surface area contributed by atoms with Crippen LogP contribution >= 0.6 is 0 Å². The van der Waals surface area contributed by atoms with Gasteiger partial charge in [-0.2, -0.15) is 0 Å². The summed E-state index contributed by atoms with van der Waals surface area (Å²) in [5.74, 6) is 0.124. The van der Waals surface area contributed by atoms with Crippen LogP contribution in [0.4, 0.5) is 5.95 Å². The second kappa shape index (κ2) is 5.92. The molecule has 130 valence electrons. The summed E-state index contributed by atoms with van der Waals surface area (Å²) < 4.78 is 27.5. The molecule has 0 atom stereocenters. The Balaban J connectivity index is 1.98. The summed E-state index contributed by atoms with van der Waals surface area (Å²) in [5.41, 5.74) is 8.33. The van der Waals surface area contributed by atoms with Crippen LogP contribution in [0.5, 0.6) is 0 Å². The molecule has 0 saturated carbocycles. The van der Waals surface area contributed by atoms with Gasteiger partial charge in [0.1, 0.15) is 0 Å². The molecule has 1 aromatic carbocycles. The maximum absolute atomic E-state index is 13.1. The Bertz CT molecular complexity index is 1210. The highest BCUT2D eigenvalue weighted by Gasteiger charge is 2.22. The topological polar surface area (TPSA) is 104 Å². The van der Waals surface area contributed by atoms with Gasteiger partial charge in [0.2, 0.25) is 5.95 Å². The van der Waals surface area contributed by atoms with Gasteiger partial charge in [0, 0.05) is 29.5 Å². The summed E-state index contributed by atoms with van der Waals surface area (Å²) in [7, 11) is -3.78. The first-order valence-electron chi connectivity index (χ1n) is 7.83. The van der Waals surface area contributed by atoms with E-state index in [0.29, 0.717) is 22.2 Å². The Labute approximate surface area is 150 Å². The molecule has 7 nitrogen and oxygen atoms in total. The van der Waals surface area contributed by atoms with Gasteiger partial charge in [-0.15, -0.1) is 0 Å². The Hall–Kier alpha value is -3.26. The third-order valence-corrected chi connectivity index (χ3v) is 5.79. The predicted molar refractivity (Wildman–Crippen MR) is 98.9 cm³/mol. The third-order valence-electron chi connectivity index (χ3n) is 4.10. The van der Waals surface area contributed by atoms with E-state index in [4.69, 9.17) is 5.73 Å². The van der Waals surface area contributed by atoms with Gasteiger partial charge in [-0.1, -0.05) is 17.7 Å². The van der Waals surface area contributed by atoms with Crippen LogP contribution in [0.2, 0.25) is 0 Å². The number of anilines is 1. The number of aromatic nitrogens is 4. The van der Waals surface area contributed by atoms with Gasteiger partial charge in [0.25, 0.3) is 10.0 Å². The molecule has 0 saturated heterocycles. The summed E-state index contributed by atoms with van der Waals surface area (Å²) in [6, 6.07) is 10.2. The molecule has 0 fully saturated rings. The number of hydrogen-bond acceptors (Lipinski definition) is 6. The fourth-order valence-corrected chi connectivity index (χ4v) is 4.15. The second-order valence-corrected chi connectivity index (χ2v) is 7.66. The van der Waals surface area contributed by atoms with Crippen molar-refractivity contribution < 1.29 is 8.42 Å². The number of nitrogen functional groups attached to an aromatic ring is 1. The number of aryl methyl sites for hydroxylation is 1. The van der Waals surface area contributed by atoms with Crippen LogP contribution in [0.15, 0.2) is 66.1 Å². The molecule has 26 heavy (non-hydrogen) atoms. The SMILES string of the molecule is Cc1ccc(S(=O)(=O)n2cc(-c3ccnc(N)n3)c3ccncc32)cc1. The van der Waals surface area contributed by atoms with Crippen molar-refractivity contribution in [3.8, 4) is 11.3 Å². The van der Waals surface area contributed by atoms with E-state index < -0.39 is 10.0 Å². The van der Waals surface area contributed by atoms with E-state index in [-0.39, 0.29) is 10.8 Å². The zero-order valence-corrected chi connectivity index (χ0v) is 14.7. The highest BCUT2D eigenvalue weighted by Crippen LogP contribution is 2.31. The first-order valence-corrected chi connectivity index (χ1v) is 9.27. The molecule has 4 rings (SSSR count). The van der Waals surface area contributed by atoms with Crippen LogP contribution < -0.4 is 5.73 Å². The van der Waals surface area contributed by atoms with Crippen LogP contribution in [-0.4, -0.2) is 27.3 Å². The molecule has 8 heteroatoms. The molecule has 4 aromatic rings. The standard InChI is InChI=1S/C18H15N5O2S/c1-12-2-4-13(5-3-12)26(24,25)23-11-15(14-6-8-20-10-17(14)23)16-7-9-21-18(19)22-16/h2-11H,1H3,(H2,19,21,22). The van der Waals surface area contributed by atoms with Crippen molar-refractivity contribution >= 4 is 26.9 Å². The highest BCUT2D eigenvalue weighted by molar-refractivity contribution is 7.90. The Morgan fingerprint density at radius 2 is 1.81 bits per heavy atom. The lowest BCUT2D eigenvalue weighted by atomic mass is 10.1. The van der Waals surface area contributed by atoms with Crippen molar-refractivity contribution in [3.05, 3.63) is 66.7 Å². The summed E-state index contributed by atoms with van der Waals surface area (Å²) >= 11 is 0. The van der Waals surface area contributed by atoms with Gasteiger partial charge in [0.05, 0.1) is 22.3 Å². The molecule has 3 heterocycles. The average molecular weight is 365 g/mol. The lowest BCUT2D eigenvalue weighted by Crippen LogP contribution is -2.11. The predicted octanol–water partition coefficient (Wildman–Crippen LogP) is 2.62. The van der Waals surface area contributed by atoms with E-state index in [0.717, 1.165) is 5.56 Å². The summed E-state index contributed by atoms with van der Waals surface area (Å²) in [5, 5.41) is 0.716. The molecule has 0 aliphatic heterocycles. The first kappa shape index (κ1) is 16.2. The summed E-state index contributed by atoms with van der Waals surface area (Å²) in [6.07, 6.45) is 6.22. The van der Waals surface area contributed by atoms with Crippen molar-refractivity contribution in [2.45, 2.75) is 11.8 Å². The molecule has 0 aliphatic carbocycles. The van der Waals surface area contributed by atoms with E-state index in [1.807, 2.05) is 6.92 Å². The lowest BCUT2D eigenvalue weighted by molar-refractivity contribution is 0.589. The van der Waals surface area contributed by atoms with E-state index in [2.05, 4.69) is 15.0 Å². The van der Waals surface area contributed by atoms with Gasteiger partial charge >= 0.3 is 0 Å². The van der Waals surface area contributed by atoms with E-state index in [1.165, 1.54) is 16.4 Å². The minimum absolute atomic E-state index is 0.124. The number of rotatable bonds is 3. The molecule has 3 aromatic heterocycles. The van der Waals surface area contributed by atoms with E-state index in [1.54, 1.807) is 48.8 Å². The lowest BCUT2D eigenvalue weighted by Gasteiger charge is -2.07. The molecule has 0 bridgehead atoms. The van der Waals surface area contributed by atoms with Crippen molar-refractivity contribution in [2.24, 2.45) is 0 Å². The van der Waals surface area contributed by atoms with Gasteiger partial charge in [0.15, 0.2) is 0 Å². The quantitative estimate of drug-likeness (QED) is 0.598. The minimum Gasteiger partial charge on any atom is -0.368 e. The van der Waals surface area contributed by atoms with E-state index >= 15 is 0 Å².